The van der Waals surface area contributed by atoms with Crippen LogP contribution in [0.5, 0.6) is 0 Å². The maximum absolute atomic E-state index is 9.37. The third kappa shape index (κ3) is 1.96. The summed E-state index contributed by atoms with van der Waals surface area (Å²) in [6.45, 7) is 0.433. The predicted octanol–water partition coefficient (Wildman–Crippen LogP) is 1.32. The molecular formula is C7H10ClNO2. The first-order valence-electron chi connectivity index (χ1n) is 3.36. The van der Waals surface area contributed by atoms with Crippen LogP contribution in [0.15, 0.2) is 16.7 Å². The van der Waals surface area contributed by atoms with Gasteiger partial charge in [-0.25, -0.2) is 0 Å². The third-order valence-corrected chi connectivity index (χ3v) is 1.75. The van der Waals surface area contributed by atoms with Crippen LogP contribution in [0.1, 0.15) is 18.1 Å². The van der Waals surface area contributed by atoms with E-state index in [2.05, 4.69) is 0 Å². The number of aliphatic hydroxyl groups excluding tert-OH is 1. The van der Waals surface area contributed by atoms with E-state index in [1.54, 1.807) is 6.07 Å². The zero-order chi connectivity index (χ0) is 8.27. The lowest BCUT2D eigenvalue weighted by Crippen LogP contribution is -2.06. The fourth-order valence-electron chi connectivity index (χ4n) is 0.856. The van der Waals surface area contributed by atoms with Crippen LogP contribution < -0.4 is 5.73 Å². The van der Waals surface area contributed by atoms with E-state index >= 15 is 0 Å². The summed E-state index contributed by atoms with van der Waals surface area (Å²) in [7, 11) is 0. The first-order chi connectivity index (χ1) is 5.25. The number of nitrogens with two attached hydrogens (primary N) is 1. The van der Waals surface area contributed by atoms with Crippen molar-refractivity contribution >= 4 is 11.6 Å². The summed E-state index contributed by atoms with van der Waals surface area (Å²) in [5.74, 6) is 0. The van der Waals surface area contributed by atoms with E-state index in [0.29, 0.717) is 18.5 Å². The Bertz CT molecular complexity index is 224. The quantitative estimate of drug-likeness (QED) is 0.729. The summed E-state index contributed by atoms with van der Waals surface area (Å²) in [4.78, 5) is 0. The molecule has 1 atom stereocenters. The van der Waals surface area contributed by atoms with E-state index in [9.17, 15) is 5.11 Å². The van der Waals surface area contributed by atoms with Gasteiger partial charge in [0.25, 0.3) is 0 Å². The van der Waals surface area contributed by atoms with E-state index < -0.39 is 6.10 Å². The van der Waals surface area contributed by atoms with Gasteiger partial charge < -0.3 is 15.3 Å². The topological polar surface area (TPSA) is 59.4 Å². The summed E-state index contributed by atoms with van der Waals surface area (Å²) in [5, 5.41) is 9.61. The maximum Gasteiger partial charge on any atom is 0.198 e. The average Bonchev–Trinajstić information content (AvgIpc) is 2.36. The van der Waals surface area contributed by atoms with Crippen molar-refractivity contribution in [3.63, 3.8) is 0 Å². The molecule has 1 aromatic heterocycles. The second kappa shape index (κ2) is 3.76. The molecule has 0 aromatic carbocycles. The molecule has 62 valence electrons. The van der Waals surface area contributed by atoms with Crippen molar-refractivity contribution in [2.45, 2.75) is 12.5 Å². The van der Waals surface area contributed by atoms with Gasteiger partial charge in [0.2, 0.25) is 0 Å². The van der Waals surface area contributed by atoms with Crippen LogP contribution in [0.3, 0.4) is 0 Å². The van der Waals surface area contributed by atoms with Crippen molar-refractivity contribution in [3.05, 3.63) is 23.1 Å². The normalized spacial score (nSPS) is 13.4. The molecule has 4 heteroatoms. The van der Waals surface area contributed by atoms with E-state index in [1.165, 1.54) is 6.26 Å². The molecule has 11 heavy (non-hydrogen) atoms. The Labute approximate surface area is 69.8 Å². The maximum atomic E-state index is 9.37. The number of rotatable bonds is 3. The summed E-state index contributed by atoms with van der Waals surface area (Å²) < 4.78 is 4.80. The van der Waals surface area contributed by atoms with Gasteiger partial charge in [-0.2, -0.15) is 0 Å². The first-order valence-corrected chi connectivity index (χ1v) is 3.74. The van der Waals surface area contributed by atoms with Gasteiger partial charge in [-0.3, -0.25) is 0 Å². The van der Waals surface area contributed by atoms with E-state index in [-0.39, 0.29) is 5.22 Å². The van der Waals surface area contributed by atoms with Crippen molar-refractivity contribution in [3.8, 4) is 0 Å². The molecule has 0 aliphatic carbocycles. The van der Waals surface area contributed by atoms with E-state index in [0.717, 1.165) is 0 Å². The van der Waals surface area contributed by atoms with Crippen LogP contribution in [0.4, 0.5) is 0 Å². The van der Waals surface area contributed by atoms with Crippen LogP contribution in [-0.2, 0) is 0 Å². The molecule has 0 aliphatic heterocycles. The van der Waals surface area contributed by atoms with E-state index in [1.807, 2.05) is 0 Å². The number of furan rings is 1. The lowest BCUT2D eigenvalue weighted by atomic mass is 10.1. The monoisotopic (exact) mass is 175 g/mol. The standard InChI is InChI=1S/C7H10ClNO2/c8-7-5(2-4-11-7)6(10)1-3-9/h2,4,6,10H,1,3,9H2. The molecule has 3 nitrogen and oxygen atoms in total. The van der Waals surface area contributed by atoms with Gasteiger partial charge in [0.1, 0.15) is 0 Å². The lowest BCUT2D eigenvalue weighted by Gasteiger charge is -2.05. The Morgan fingerprint density at radius 1 is 1.73 bits per heavy atom. The van der Waals surface area contributed by atoms with E-state index in [4.69, 9.17) is 21.8 Å². The zero-order valence-corrected chi connectivity index (χ0v) is 6.71. The highest BCUT2D eigenvalue weighted by molar-refractivity contribution is 6.29. The van der Waals surface area contributed by atoms with Crippen molar-refractivity contribution in [1.82, 2.24) is 0 Å². The smallest absolute Gasteiger partial charge is 0.198 e. The number of hydrogen-bond acceptors (Lipinski definition) is 3. The molecule has 1 aromatic rings. The van der Waals surface area contributed by atoms with Gasteiger partial charge in [-0.05, 0) is 30.6 Å². The molecule has 0 fully saturated rings. The molecular weight excluding hydrogens is 166 g/mol. The Balaban J connectivity index is 2.67. The minimum atomic E-state index is -0.605. The van der Waals surface area contributed by atoms with Gasteiger partial charge in [0, 0.05) is 5.56 Å². The minimum Gasteiger partial charge on any atom is -0.453 e. The summed E-state index contributed by atoms with van der Waals surface area (Å²) in [6.07, 6.45) is 1.34. The number of aliphatic hydroxyl groups is 1. The lowest BCUT2D eigenvalue weighted by molar-refractivity contribution is 0.169. The zero-order valence-electron chi connectivity index (χ0n) is 5.96. The molecule has 1 rings (SSSR count). The van der Waals surface area contributed by atoms with Crippen molar-refractivity contribution in [1.29, 1.82) is 0 Å². The molecule has 3 N–H and O–H groups in total. The highest BCUT2D eigenvalue weighted by atomic mass is 35.5. The Kier molecular flexibility index (Phi) is 2.93. The first kappa shape index (κ1) is 8.59. The summed E-state index contributed by atoms with van der Waals surface area (Å²) in [6, 6.07) is 1.64. The van der Waals surface area contributed by atoms with Crippen molar-refractivity contribution in [2.75, 3.05) is 6.54 Å². The molecule has 1 heterocycles. The molecule has 0 saturated heterocycles. The number of halogens is 1. The van der Waals surface area contributed by atoms with Crippen LogP contribution in [-0.4, -0.2) is 11.7 Å². The average molecular weight is 176 g/mol. The molecule has 0 bridgehead atoms. The summed E-state index contributed by atoms with van der Waals surface area (Å²) in [5.41, 5.74) is 5.86. The third-order valence-electron chi connectivity index (χ3n) is 1.45. The van der Waals surface area contributed by atoms with Gasteiger partial charge in [0.15, 0.2) is 5.22 Å². The van der Waals surface area contributed by atoms with Gasteiger partial charge in [-0.15, -0.1) is 0 Å². The molecule has 0 aliphatic rings. The fraction of sp³-hybridized carbons (Fsp3) is 0.429. The van der Waals surface area contributed by atoms with Crippen LogP contribution >= 0.6 is 11.6 Å². The second-order valence-corrected chi connectivity index (χ2v) is 2.59. The van der Waals surface area contributed by atoms with Crippen LogP contribution in [0.25, 0.3) is 0 Å². The highest BCUT2D eigenvalue weighted by Crippen LogP contribution is 2.25. The molecule has 1 unspecified atom stereocenters. The predicted molar refractivity (Wildman–Crippen MR) is 42.3 cm³/mol. The summed E-state index contributed by atoms with van der Waals surface area (Å²) >= 11 is 5.60. The van der Waals surface area contributed by atoms with Gasteiger partial charge in [-0.1, -0.05) is 0 Å². The SMILES string of the molecule is NCCC(O)c1ccoc1Cl. The van der Waals surface area contributed by atoms with Crippen LogP contribution in [0.2, 0.25) is 5.22 Å². The highest BCUT2D eigenvalue weighted by Gasteiger charge is 2.12. The van der Waals surface area contributed by atoms with Crippen molar-refractivity contribution in [2.24, 2.45) is 5.73 Å². The molecule has 0 amide bonds. The fourth-order valence-corrected chi connectivity index (χ4v) is 1.10. The molecule has 0 saturated carbocycles. The Morgan fingerprint density at radius 2 is 2.45 bits per heavy atom. The number of hydrogen-bond donors (Lipinski definition) is 2. The van der Waals surface area contributed by atoms with Gasteiger partial charge >= 0.3 is 0 Å². The Hall–Kier alpha value is -0.510. The molecule has 0 radical (unpaired) electrons. The molecule has 0 spiro atoms. The largest absolute Gasteiger partial charge is 0.453 e. The van der Waals surface area contributed by atoms with Crippen molar-refractivity contribution < 1.29 is 9.52 Å². The van der Waals surface area contributed by atoms with Crippen LogP contribution in [0, 0.1) is 0 Å². The van der Waals surface area contributed by atoms with Gasteiger partial charge in [0.05, 0.1) is 12.4 Å². The Morgan fingerprint density at radius 3 is 2.91 bits per heavy atom. The minimum absolute atomic E-state index is 0.242. The second-order valence-electron chi connectivity index (χ2n) is 2.24.